The molecule has 1 heterocycles. The summed E-state index contributed by atoms with van der Waals surface area (Å²) in [5.41, 5.74) is -0.780. The number of anilines is 1. The lowest BCUT2D eigenvalue weighted by atomic mass is 9.90. The largest absolute Gasteiger partial charge is 0.496 e. The molecule has 1 aromatic carbocycles. The number of alkyl halides is 7. The highest BCUT2D eigenvalue weighted by atomic mass is 32.2. The van der Waals surface area contributed by atoms with Crippen LogP contribution < -0.4 is 9.64 Å². The Morgan fingerprint density at radius 2 is 1.60 bits per heavy atom. The van der Waals surface area contributed by atoms with Crippen molar-refractivity contribution in [2.45, 2.75) is 88.8 Å². The molecule has 0 N–H and O–H groups in total. The number of likely N-dealkylation sites (N-methyl/N-ethyl adjacent to an activating group) is 1. The zero-order valence-electron chi connectivity index (χ0n) is 20.9. The lowest BCUT2D eigenvalue weighted by Gasteiger charge is -2.38. The number of ether oxygens (including phenoxy) is 1. The van der Waals surface area contributed by atoms with Gasteiger partial charge in [-0.05, 0) is 25.8 Å². The van der Waals surface area contributed by atoms with Crippen molar-refractivity contribution < 1.29 is 39.7 Å². The second kappa shape index (κ2) is 12.6. The molecule has 0 radical (unpaired) electrons. The smallest absolute Gasteiger partial charge is 0.420 e. The summed E-state index contributed by atoms with van der Waals surface area (Å²) in [4.78, 5) is 1.91. The monoisotopic (exact) mass is 536 g/mol. The van der Waals surface area contributed by atoms with E-state index in [0.717, 1.165) is 26.2 Å². The maximum absolute atomic E-state index is 13.5. The molecule has 0 saturated heterocycles. The van der Waals surface area contributed by atoms with Crippen molar-refractivity contribution in [2.24, 2.45) is 0 Å². The Morgan fingerprint density at radius 1 is 1.09 bits per heavy atom. The van der Waals surface area contributed by atoms with Crippen LogP contribution in [-0.4, -0.2) is 53.6 Å². The number of methoxy groups -OCH3 is 1. The van der Waals surface area contributed by atoms with Gasteiger partial charge in [0.05, 0.1) is 23.3 Å². The molecule has 0 spiro atoms. The van der Waals surface area contributed by atoms with Crippen LogP contribution in [0.1, 0.15) is 65.4 Å². The molecule has 2 aliphatic rings. The standard InChI is InChI=1S/C17H21F5N2O2S.C4H8F2.C2H6/c1-23-7-8-24(11-3-5-16(18,19)6-4-11)13-9-12(17(20,21)22)14(26-2)10-15(13)27(23)25;1-3-4(2,5)6;1-2/h9-11H,3-8H2,1-2H3;3H2,1-2H3;1-2H3. The summed E-state index contributed by atoms with van der Waals surface area (Å²) < 4.78 is 110. The Labute approximate surface area is 205 Å². The van der Waals surface area contributed by atoms with E-state index in [2.05, 4.69) is 0 Å². The Hall–Kier alpha value is -1.56. The number of fused-ring (bicyclic) bond motifs is 1. The molecule has 35 heavy (non-hydrogen) atoms. The number of halogens is 7. The van der Waals surface area contributed by atoms with Gasteiger partial charge in [0.1, 0.15) is 16.7 Å². The Kier molecular flexibility index (Phi) is 11.3. The van der Waals surface area contributed by atoms with Gasteiger partial charge in [-0.1, -0.05) is 20.8 Å². The van der Waals surface area contributed by atoms with Crippen LogP contribution in [0.25, 0.3) is 0 Å². The first-order valence-electron chi connectivity index (χ1n) is 11.5. The third kappa shape index (κ3) is 8.80. The van der Waals surface area contributed by atoms with Crippen LogP contribution in [0.5, 0.6) is 5.75 Å². The van der Waals surface area contributed by atoms with Gasteiger partial charge in [0.15, 0.2) is 0 Å². The minimum Gasteiger partial charge on any atom is -0.496 e. The van der Waals surface area contributed by atoms with E-state index in [9.17, 15) is 34.9 Å². The second-order valence-electron chi connectivity index (χ2n) is 8.32. The normalized spacial score (nSPS) is 21.1. The molecule has 1 saturated carbocycles. The van der Waals surface area contributed by atoms with Gasteiger partial charge in [-0.25, -0.2) is 26.1 Å². The fourth-order valence-electron chi connectivity index (χ4n) is 3.64. The van der Waals surface area contributed by atoms with E-state index in [1.165, 1.54) is 11.2 Å². The first kappa shape index (κ1) is 31.5. The third-order valence-corrected chi connectivity index (χ3v) is 7.22. The molecular weight excluding hydrogens is 501 g/mol. The van der Waals surface area contributed by atoms with E-state index in [-0.39, 0.29) is 48.7 Å². The fraction of sp³-hybridized carbons (Fsp3) is 0.739. The summed E-state index contributed by atoms with van der Waals surface area (Å²) in [5.74, 6) is -5.60. The summed E-state index contributed by atoms with van der Waals surface area (Å²) in [6.45, 7) is 7.03. The molecule has 4 nitrogen and oxygen atoms in total. The molecular formula is C23H35F7N2O2S. The Bertz CT molecular complexity index is 834. The van der Waals surface area contributed by atoms with E-state index in [0.29, 0.717) is 13.1 Å². The van der Waals surface area contributed by atoms with Crippen molar-refractivity contribution in [1.29, 1.82) is 0 Å². The van der Waals surface area contributed by atoms with Gasteiger partial charge < -0.3 is 9.64 Å². The summed E-state index contributed by atoms with van der Waals surface area (Å²) in [6.07, 6.45) is -4.96. The van der Waals surface area contributed by atoms with Gasteiger partial charge in [-0.15, -0.1) is 0 Å². The highest BCUT2D eigenvalue weighted by Crippen LogP contribution is 2.44. The SMILES string of the molecule is CC.CCC(C)(F)F.COc1cc2c(cc1C(F)(F)F)N(C1CCC(F)(F)CC1)CCN(C)S2=O. The van der Waals surface area contributed by atoms with Crippen molar-refractivity contribution in [1.82, 2.24) is 4.31 Å². The van der Waals surface area contributed by atoms with Crippen molar-refractivity contribution >= 4 is 16.7 Å². The molecule has 0 aromatic heterocycles. The minimum atomic E-state index is -4.65. The van der Waals surface area contributed by atoms with Gasteiger partial charge in [0.2, 0.25) is 11.8 Å². The van der Waals surface area contributed by atoms with Crippen LogP contribution in [0, 0.1) is 0 Å². The molecule has 1 atom stereocenters. The molecule has 1 fully saturated rings. The van der Waals surface area contributed by atoms with Crippen LogP contribution in [0.4, 0.5) is 36.4 Å². The average Bonchev–Trinajstić information content (AvgIpc) is 2.90. The maximum Gasteiger partial charge on any atom is 0.420 e. The van der Waals surface area contributed by atoms with Gasteiger partial charge in [-0.2, -0.15) is 13.2 Å². The van der Waals surface area contributed by atoms with Crippen LogP contribution in [-0.2, 0) is 17.2 Å². The lowest BCUT2D eigenvalue weighted by molar-refractivity contribution is -0.138. The zero-order valence-corrected chi connectivity index (χ0v) is 21.8. The molecule has 12 heteroatoms. The number of nitrogens with zero attached hydrogens (tertiary/aromatic N) is 2. The predicted molar refractivity (Wildman–Crippen MR) is 124 cm³/mol. The van der Waals surface area contributed by atoms with Gasteiger partial charge in [0.25, 0.3) is 0 Å². The first-order chi connectivity index (χ1) is 16.1. The van der Waals surface area contributed by atoms with Crippen LogP contribution in [0.15, 0.2) is 17.0 Å². The lowest BCUT2D eigenvalue weighted by Crippen LogP contribution is -2.43. The number of hydrogen-bond acceptors (Lipinski definition) is 3. The summed E-state index contributed by atoms with van der Waals surface area (Å²) >= 11 is 0. The van der Waals surface area contributed by atoms with Crippen LogP contribution >= 0.6 is 0 Å². The number of hydrogen-bond donors (Lipinski definition) is 0. The van der Waals surface area contributed by atoms with Crippen LogP contribution in [0.3, 0.4) is 0 Å². The average molecular weight is 537 g/mol. The highest BCUT2D eigenvalue weighted by Gasteiger charge is 2.41. The quantitative estimate of drug-likeness (QED) is 0.385. The van der Waals surface area contributed by atoms with Gasteiger partial charge in [0, 0.05) is 51.5 Å². The van der Waals surface area contributed by atoms with Crippen molar-refractivity contribution in [2.75, 3.05) is 32.1 Å². The molecule has 0 amide bonds. The molecule has 1 aliphatic heterocycles. The number of benzene rings is 1. The first-order valence-corrected chi connectivity index (χ1v) is 12.6. The maximum atomic E-state index is 13.5. The number of rotatable bonds is 3. The van der Waals surface area contributed by atoms with E-state index in [1.807, 2.05) is 13.8 Å². The molecule has 1 aliphatic carbocycles. The van der Waals surface area contributed by atoms with Crippen molar-refractivity contribution in [3.05, 3.63) is 17.7 Å². The van der Waals surface area contributed by atoms with Crippen molar-refractivity contribution in [3.63, 3.8) is 0 Å². The second-order valence-corrected chi connectivity index (χ2v) is 9.88. The van der Waals surface area contributed by atoms with Crippen LogP contribution in [0.2, 0.25) is 0 Å². The fourth-order valence-corrected chi connectivity index (χ4v) is 4.79. The summed E-state index contributed by atoms with van der Waals surface area (Å²) in [7, 11) is 1.07. The predicted octanol–water partition coefficient (Wildman–Crippen LogP) is 7.14. The molecule has 3 rings (SSSR count). The van der Waals surface area contributed by atoms with Crippen molar-refractivity contribution in [3.8, 4) is 5.75 Å². The highest BCUT2D eigenvalue weighted by molar-refractivity contribution is 7.82. The Morgan fingerprint density at radius 3 is 2.03 bits per heavy atom. The third-order valence-electron chi connectivity index (χ3n) is 5.77. The Balaban J connectivity index is 0.000000670. The van der Waals surface area contributed by atoms with E-state index < -0.39 is 40.3 Å². The van der Waals surface area contributed by atoms with E-state index >= 15 is 0 Å². The zero-order chi connectivity index (χ0) is 27.2. The van der Waals surface area contributed by atoms with E-state index in [4.69, 9.17) is 4.74 Å². The molecule has 204 valence electrons. The summed E-state index contributed by atoms with van der Waals surface area (Å²) in [6, 6.07) is 1.78. The molecule has 1 unspecified atom stereocenters. The minimum absolute atomic E-state index is 0.0625. The molecule has 1 aromatic rings. The van der Waals surface area contributed by atoms with E-state index in [1.54, 1.807) is 11.9 Å². The van der Waals surface area contributed by atoms with Gasteiger partial charge >= 0.3 is 6.18 Å². The topological polar surface area (TPSA) is 32.8 Å². The summed E-state index contributed by atoms with van der Waals surface area (Å²) in [5, 5.41) is 0. The van der Waals surface area contributed by atoms with Gasteiger partial charge in [-0.3, -0.25) is 0 Å². The molecule has 0 bridgehead atoms.